The minimum absolute atomic E-state index is 0.0265. The molecule has 0 rings (SSSR count). The van der Waals surface area contributed by atoms with Crippen molar-refractivity contribution in [1.82, 2.24) is 9.62 Å². The fourth-order valence-electron chi connectivity index (χ4n) is 0.644. The van der Waals surface area contributed by atoms with E-state index in [0.717, 1.165) is 0 Å². The highest BCUT2D eigenvalue weighted by molar-refractivity contribution is 7.90. The van der Waals surface area contributed by atoms with Gasteiger partial charge in [0.15, 0.2) is 5.75 Å². The Hall–Kier alpha value is -0.660. The van der Waals surface area contributed by atoms with E-state index < -0.39 is 21.7 Å². The second-order valence-electron chi connectivity index (χ2n) is 3.31. The topological polar surface area (TPSA) is 86.7 Å². The molecule has 0 saturated carbocycles. The van der Waals surface area contributed by atoms with Crippen LogP contribution in [-0.4, -0.2) is 56.8 Å². The number of rotatable bonds is 6. The van der Waals surface area contributed by atoms with Crippen LogP contribution in [0.15, 0.2) is 0 Å². The van der Waals surface area contributed by atoms with Gasteiger partial charge in [0.1, 0.15) is 0 Å². The van der Waals surface area contributed by atoms with Gasteiger partial charge in [0.2, 0.25) is 10.0 Å². The molecule has 2 N–H and O–H groups in total. The Labute approximate surface area is 84.0 Å². The number of sulfonamides is 1. The minimum atomic E-state index is -3.69. The second-order valence-corrected chi connectivity index (χ2v) is 5.12. The van der Waals surface area contributed by atoms with Crippen molar-refractivity contribution in [2.45, 2.75) is 13.0 Å². The summed E-state index contributed by atoms with van der Waals surface area (Å²) in [5.41, 5.74) is 0. The summed E-state index contributed by atoms with van der Waals surface area (Å²) in [6, 6.07) is 0.0265. The maximum absolute atomic E-state index is 11.1. The van der Waals surface area contributed by atoms with E-state index in [1.807, 2.05) is 25.9 Å². The van der Waals surface area contributed by atoms with Crippen LogP contribution in [0.4, 0.5) is 0 Å². The molecule has 0 aromatic rings. The summed E-state index contributed by atoms with van der Waals surface area (Å²) in [5.74, 6) is -2.23. The number of nitrogens with one attached hydrogen (secondary N) is 1. The summed E-state index contributed by atoms with van der Waals surface area (Å²) in [7, 11) is -0.0544. The van der Waals surface area contributed by atoms with Gasteiger partial charge in [-0.05, 0) is 21.0 Å². The molecule has 0 amide bonds. The van der Waals surface area contributed by atoms with Crippen molar-refractivity contribution in [3.05, 3.63) is 0 Å². The van der Waals surface area contributed by atoms with Gasteiger partial charge in [-0.3, -0.25) is 4.79 Å². The summed E-state index contributed by atoms with van der Waals surface area (Å²) in [6.45, 7) is 2.05. The molecule has 0 aliphatic carbocycles. The van der Waals surface area contributed by atoms with E-state index in [1.165, 1.54) is 0 Å². The van der Waals surface area contributed by atoms with Crippen molar-refractivity contribution in [3.63, 3.8) is 0 Å². The molecule has 0 aromatic carbocycles. The van der Waals surface area contributed by atoms with Crippen molar-refractivity contribution < 1.29 is 18.3 Å². The first-order valence-corrected chi connectivity index (χ1v) is 5.75. The summed E-state index contributed by atoms with van der Waals surface area (Å²) in [5, 5.41) is 8.29. The van der Waals surface area contributed by atoms with Crippen LogP contribution in [0, 0.1) is 0 Å². The molecule has 1 atom stereocenters. The fraction of sp³-hybridized carbons (Fsp3) is 0.857. The normalized spacial score (nSPS) is 14.3. The van der Waals surface area contributed by atoms with Crippen LogP contribution in [0.3, 0.4) is 0 Å². The van der Waals surface area contributed by atoms with Crippen molar-refractivity contribution in [3.8, 4) is 0 Å². The zero-order chi connectivity index (χ0) is 11.4. The van der Waals surface area contributed by atoms with Gasteiger partial charge in [0.25, 0.3) is 0 Å². The Morgan fingerprint density at radius 2 is 2.00 bits per heavy atom. The highest BCUT2D eigenvalue weighted by Gasteiger charge is 2.16. The predicted molar refractivity (Wildman–Crippen MR) is 52.6 cm³/mol. The number of carbonyl (C=O) groups is 1. The first kappa shape index (κ1) is 13.3. The molecule has 0 heterocycles. The SMILES string of the molecule is CC(CNS(=O)(=O)CC(=O)O)N(C)C. The van der Waals surface area contributed by atoms with E-state index in [4.69, 9.17) is 5.11 Å². The van der Waals surface area contributed by atoms with E-state index in [1.54, 1.807) is 0 Å². The van der Waals surface area contributed by atoms with Gasteiger partial charge in [0, 0.05) is 12.6 Å². The number of hydrogen-bond acceptors (Lipinski definition) is 4. The lowest BCUT2D eigenvalue weighted by Gasteiger charge is -2.19. The highest BCUT2D eigenvalue weighted by Crippen LogP contribution is 1.91. The fourth-order valence-corrected chi connectivity index (χ4v) is 1.57. The smallest absolute Gasteiger partial charge is 0.320 e. The van der Waals surface area contributed by atoms with Gasteiger partial charge in [-0.25, -0.2) is 13.1 Å². The number of hydrogen-bond donors (Lipinski definition) is 2. The average molecular weight is 224 g/mol. The third-order valence-electron chi connectivity index (χ3n) is 1.79. The van der Waals surface area contributed by atoms with Crippen molar-refractivity contribution in [2.75, 3.05) is 26.4 Å². The van der Waals surface area contributed by atoms with Gasteiger partial charge in [-0.15, -0.1) is 0 Å². The number of carboxylic acids is 1. The molecule has 0 aliphatic heterocycles. The summed E-state index contributed by atoms with van der Waals surface area (Å²) in [4.78, 5) is 12.0. The molecule has 0 bridgehead atoms. The van der Waals surface area contributed by atoms with E-state index in [0.29, 0.717) is 0 Å². The number of likely N-dealkylation sites (N-methyl/N-ethyl adjacent to an activating group) is 1. The molecule has 0 spiro atoms. The number of carboxylic acid groups (broad SMARTS) is 1. The van der Waals surface area contributed by atoms with E-state index in [-0.39, 0.29) is 12.6 Å². The van der Waals surface area contributed by atoms with Gasteiger partial charge >= 0.3 is 5.97 Å². The van der Waals surface area contributed by atoms with Crippen molar-refractivity contribution in [1.29, 1.82) is 0 Å². The quantitative estimate of drug-likeness (QED) is 0.600. The van der Waals surface area contributed by atoms with Crippen LogP contribution < -0.4 is 4.72 Å². The molecule has 0 fully saturated rings. The molecule has 7 heteroatoms. The Balaban J connectivity index is 4.06. The number of aliphatic carboxylic acids is 1. The standard InChI is InChI=1S/C7H16N2O4S/c1-6(9(2)3)4-8-14(12,13)5-7(10)11/h6,8H,4-5H2,1-3H3,(H,10,11). The third kappa shape index (κ3) is 5.90. The van der Waals surface area contributed by atoms with Crippen molar-refractivity contribution >= 4 is 16.0 Å². The maximum atomic E-state index is 11.1. The molecule has 0 saturated heterocycles. The summed E-state index contributed by atoms with van der Waals surface area (Å²) >= 11 is 0. The molecule has 0 aliphatic rings. The minimum Gasteiger partial charge on any atom is -0.480 e. The van der Waals surface area contributed by atoms with Crippen molar-refractivity contribution in [2.24, 2.45) is 0 Å². The van der Waals surface area contributed by atoms with Crippen LogP contribution >= 0.6 is 0 Å². The van der Waals surface area contributed by atoms with E-state index >= 15 is 0 Å². The van der Waals surface area contributed by atoms with E-state index in [9.17, 15) is 13.2 Å². The monoisotopic (exact) mass is 224 g/mol. The summed E-state index contributed by atoms with van der Waals surface area (Å²) < 4.78 is 24.3. The second kappa shape index (κ2) is 5.28. The lowest BCUT2D eigenvalue weighted by atomic mass is 10.3. The van der Waals surface area contributed by atoms with Crippen LogP contribution in [-0.2, 0) is 14.8 Å². The summed E-state index contributed by atoms with van der Waals surface area (Å²) in [6.07, 6.45) is 0. The zero-order valence-electron chi connectivity index (χ0n) is 8.52. The average Bonchev–Trinajstić information content (AvgIpc) is 1.97. The van der Waals surface area contributed by atoms with Crippen LogP contribution in [0.1, 0.15) is 6.92 Å². The molecule has 84 valence electrons. The van der Waals surface area contributed by atoms with Gasteiger partial charge < -0.3 is 10.0 Å². The maximum Gasteiger partial charge on any atom is 0.320 e. The molecule has 1 unspecified atom stereocenters. The van der Waals surface area contributed by atoms with Gasteiger partial charge in [-0.1, -0.05) is 0 Å². The van der Waals surface area contributed by atoms with E-state index in [2.05, 4.69) is 4.72 Å². The molecule has 0 radical (unpaired) electrons. The lowest BCUT2D eigenvalue weighted by Crippen LogP contribution is -2.40. The van der Waals surface area contributed by atoms with Gasteiger partial charge in [0.05, 0.1) is 0 Å². The van der Waals surface area contributed by atoms with Crippen LogP contribution in [0.2, 0.25) is 0 Å². The molecule has 0 aromatic heterocycles. The van der Waals surface area contributed by atoms with Crippen LogP contribution in [0.25, 0.3) is 0 Å². The first-order valence-electron chi connectivity index (χ1n) is 4.10. The molecule has 6 nitrogen and oxygen atoms in total. The first-order chi connectivity index (χ1) is 6.24. The predicted octanol–water partition coefficient (Wildman–Crippen LogP) is -1.06. The Kier molecular flexibility index (Phi) is 5.03. The van der Waals surface area contributed by atoms with Crippen LogP contribution in [0.5, 0.6) is 0 Å². The Bertz CT molecular complexity index is 286. The number of nitrogens with zero attached hydrogens (tertiary/aromatic N) is 1. The Morgan fingerprint density at radius 1 is 1.50 bits per heavy atom. The Morgan fingerprint density at radius 3 is 2.36 bits per heavy atom. The molecule has 14 heavy (non-hydrogen) atoms. The molecular weight excluding hydrogens is 208 g/mol. The lowest BCUT2D eigenvalue weighted by molar-refractivity contribution is -0.134. The zero-order valence-corrected chi connectivity index (χ0v) is 9.34. The third-order valence-corrected chi connectivity index (χ3v) is 3.03. The van der Waals surface area contributed by atoms with Gasteiger partial charge in [-0.2, -0.15) is 0 Å². The largest absolute Gasteiger partial charge is 0.480 e. The highest BCUT2D eigenvalue weighted by atomic mass is 32.2. The molecular formula is C7H16N2O4S.